The molecular formula is C26H26N2O7. The first-order valence-corrected chi connectivity index (χ1v) is 10.9. The molecule has 0 spiro atoms. The molecule has 9 heteroatoms. The van der Waals surface area contributed by atoms with Crippen LogP contribution in [0.25, 0.3) is 0 Å². The highest BCUT2D eigenvalue weighted by molar-refractivity contribution is 6.04. The number of amides is 2. The van der Waals surface area contributed by atoms with Gasteiger partial charge in [-0.3, -0.25) is 9.59 Å². The third-order valence-corrected chi connectivity index (χ3v) is 4.68. The molecule has 35 heavy (non-hydrogen) atoms. The van der Waals surface area contributed by atoms with Gasteiger partial charge in [-0.25, -0.2) is 4.79 Å². The van der Waals surface area contributed by atoms with Crippen LogP contribution in [0.15, 0.2) is 72.8 Å². The molecule has 0 radical (unpaired) electrons. The number of hydrogen-bond donors (Lipinski definition) is 2. The minimum atomic E-state index is -0.806. The molecule has 3 aromatic rings. The van der Waals surface area contributed by atoms with E-state index in [4.69, 9.17) is 18.9 Å². The predicted molar refractivity (Wildman–Crippen MR) is 129 cm³/mol. The zero-order chi connectivity index (χ0) is 25.0. The van der Waals surface area contributed by atoms with Gasteiger partial charge in [0.2, 0.25) is 0 Å². The van der Waals surface area contributed by atoms with Gasteiger partial charge in [-0.1, -0.05) is 24.3 Å². The number of hydrogen-bond acceptors (Lipinski definition) is 7. The van der Waals surface area contributed by atoms with Crippen LogP contribution in [0.5, 0.6) is 17.2 Å². The molecule has 0 aromatic heterocycles. The fourth-order valence-electron chi connectivity index (χ4n) is 3.01. The van der Waals surface area contributed by atoms with Crippen molar-refractivity contribution in [2.24, 2.45) is 0 Å². The third-order valence-electron chi connectivity index (χ3n) is 4.68. The molecule has 2 amide bonds. The molecule has 0 bridgehead atoms. The molecule has 0 saturated heterocycles. The molecule has 0 atom stereocenters. The lowest BCUT2D eigenvalue weighted by Gasteiger charge is -2.11. The number of ether oxygens (including phenoxy) is 4. The lowest BCUT2D eigenvalue weighted by molar-refractivity contribution is -0.123. The van der Waals surface area contributed by atoms with Gasteiger partial charge in [-0.2, -0.15) is 0 Å². The second kappa shape index (κ2) is 12.6. The number of carbonyl (C=O) groups excluding carboxylic acids is 3. The fourth-order valence-corrected chi connectivity index (χ4v) is 3.01. The van der Waals surface area contributed by atoms with E-state index in [2.05, 4.69) is 10.6 Å². The van der Waals surface area contributed by atoms with Gasteiger partial charge >= 0.3 is 6.16 Å². The Labute approximate surface area is 203 Å². The van der Waals surface area contributed by atoms with Gasteiger partial charge in [-0.05, 0) is 61.0 Å². The van der Waals surface area contributed by atoms with E-state index in [1.807, 2.05) is 12.1 Å². The summed E-state index contributed by atoms with van der Waals surface area (Å²) in [5.74, 6) is 0.669. The van der Waals surface area contributed by atoms with E-state index in [-0.39, 0.29) is 37.3 Å². The SMILES string of the molecule is CCOC(=O)Oc1ccc(C(=O)Nc2cccc(CNC(=O)COc3ccccc3OC)c2)cc1. The number of rotatable bonds is 10. The molecule has 3 aromatic carbocycles. The molecule has 0 fully saturated rings. The van der Waals surface area contributed by atoms with E-state index in [1.54, 1.807) is 43.3 Å². The Kier molecular flexibility index (Phi) is 9.07. The Bertz CT molecular complexity index is 1160. The Morgan fingerprint density at radius 1 is 0.886 bits per heavy atom. The van der Waals surface area contributed by atoms with Gasteiger partial charge in [0.15, 0.2) is 18.1 Å². The zero-order valence-corrected chi connectivity index (χ0v) is 19.4. The van der Waals surface area contributed by atoms with Crippen molar-refractivity contribution in [2.45, 2.75) is 13.5 Å². The first-order valence-electron chi connectivity index (χ1n) is 10.9. The molecule has 0 aliphatic heterocycles. The maximum Gasteiger partial charge on any atom is 0.513 e. The first-order chi connectivity index (χ1) is 17.0. The summed E-state index contributed by atoms with van der Waals surface area (Å²) in [6.45, 7) is 1.98. The summed E-state index contributed by atoms with van der Waals surface area (Å²) in [7, 11) is 1.53. The Balaban J connectivity index is 1.50. The van der Waals surface area contributed by atoms with Crippen LogP contribution in [0.3, 0.4) is 0 Å². The molecule has 2 N–H and O–H groups in total. The van der Waals surface area contributed by atoms with Crippen molar-refractivity contribution >= 4 is 23.7 Å². The Hall–Kier alpha value is -4.53. The number of nitrogens with one attached hydrogen (secondary N) is 2. The number of carbonyl (C=O) groups is 3. The van der Waals surface area contributed by atoms with Crippen LogP contribution in [0.4, 0.5) is 10.5 Å². The smallest absolute Gasteiger partial charge is 0.493 e. The van der Waals surface area contributed by atoms with E-state index in [9.17, 15) is 14.4 Å². The monoisotopic (exact) mass is 478 g/mol. The van der Waals surface area contributed by atoms with Crippen molar-refractivity contribution in [2.75, 3.05) is 25.6 Å². The topological polar surface area (TPSA) is 112 Å². The van der Waals surface area contributed by atoms with Gasteiger partial charge in [0.05, 0.1) is 13.7 Å². The highest BCUT2D eigenvalue weighted by Gasteiger charge is 2.10. The average Bonchev–Trinajstić information content (AvgIpc) is 2.87. The summed E-state index contributed by atoms with van der Waals surface area (Å²) < 4.78 is 20.4. The fraction of sp³-hybridized carbons (Fsp3) is 0.192. The van der Waals surface area contributed by atoms with Crippen LogP contribution >= 0.6 is 0 Å². The van der Waals surface area contributed by atoms with E-state index >= 15 is 0 Å². The van der Waals surface area contributed by atoms with Gasteiger partial charge in [0.25, 0.3) is 11.8 Å². The summed E-state index contributed by atoms with van der Waals surface area (Å²) in [5.41, 5.74) is 1.75. The summed E-state index contributed by atoms with van der Waals surface area (Å²) in [6, 6.07) is 20.3. The highest BCUT2D eigenvalue weighted by Crippen LogP contribution is 2.25. The standard InChI is InChI=1S/C26H26N2O7/c1-3-33-26(31)35-21-13-11-19(12-14-21)25(30)28-20-8-6-7-18(15-20)16-27-24(29)17-34-23-10-5-4-9-22(23)32-2/h4-15H,3,16-17H2,1-2H3,(H,27,29)(H,28,30). The van der Waals surface area contributed by atoms with Crippen LogP contribution < -0.4 is 24.8 Å². The number of anilines is 1. The van der Waals surface area contributed by atoms with E-state index in [1.165, 1.54) is 31.4 Å². The van der Waals surface area contributed by atoms with Crippen molar-refractivity contribution in [3.63, 3.8) is 0 Å². The van der Waals surface area contributed by atoms with Crippen LogP contribution in [0, 0.1) is 0 Å². The van der Waals surface area contributed by atoms with Crippen molar-refractivity contribution in [1.82, 2.24) is 5.32 Å². The Morgan fingerprint density at radius 3 is 2.34 bits per heavy atom. The minimum absolute atomic E-state index is 0.160. The van der Waals surface area contributed by atoms with Crippen molar-refractivity contribution in [1.29, 1.82) is 0 Å². The maximum atomic E-state index is 12.6. The van der Waals surface area contributed by atoms with Gasteiger partial charge in [0.1, 0.15) is 5.75 Å². The van der Waals surface area contributed by atoms with Crippen molar-refractivity contribution < 1.29 is 33.3 Å². The predicted octanol–water partition coefficient (Wildman–Crippen LogP) is 4.18. The highest BCUT2D eigenvalue weighted by atomic mass is 16.7. The molecule has 182 valence electrons. The number of para-hydroxylation sites is 2. The van der Waals surface area contributed by atoms with Crippen LogP contribution in [-0.2, 0) is 16.1 Å². The summed E-state index contributed by atoms with van der Waals surface area (Å²) in [5, 5.41) is 5.58. The summed E-state index contributed by atoms with van der Waals surface area (Å²) >= 11 is 0. The van der Waals surface area contributed by atoms with Gasteiger partial charge < -0.3 is 29.6 Å². The van der Waals surface area contributed by atoms with Crippen molar-refractivity contribution in [3.8, 4) is 17.2 Å². The van der Waals surface area contributed by atoms with Crippen LogP contribution in [0.2, 0.25) is 0 Å². The van der Waals surface area contributed by atoms with Gasteiger partial charge in [0, 0.05) is 17.8 Å². The van der Waals surface area contributed by atoms with Crippen molar-refractivity contribution in [3.05, 3.63) is 83.9 Å². The van der Waals surface area contributed by atoms with E-state index in [0.717, 1.165) is 5.56 Å². The van der Waals surface area contributed by atoms with E-state index in [0.29, 0.717) is 22.7 Å². The Morgan fingerprint density at radius 2 is 1.63 bits per heavy atom. The second-order valence-electron chi connectivity index (χ2n) is 7.18. The third kappa shape index (κ3) is 7.78. The second-order valence-corrected chi connectivity index (χ2v) is 7.18. The normalized spacial score (nSPS) is 10.1. The lowest BCUT2D eigenvalue weighted by atomic mass is 10.1. The molecule has 3 rings (SSSR count). The summed E-state index contributed by atoms with van der Waals surface area (Å²) in [4.78, 5) is 36.1. The molecule has 9 nitrogen and oxygen atoms in total. The molecular weight excluding hydrogens is 452 g/mol. The van der Waals surface area contributed by atoms with E-state index < -0.39 is 6.16 Å². The lowest BCUT2D eigenvalue weighted by Crippen LogP contribution is -2.28. The summed E-state index contributed by atoms with van der Waals surface area (Å²) in [6.07, 6.45) is -0.806. The number of benzene rings is 3. The first kappa shape index (κ1) is 25.1. The number of methoxy groups -OCH3 is 1. The molecule has 0 unspecified atom stereocenters. The quantitative estimate of drug-likeness (QED) is 0.332. The molecule has 0 saturated carbocycles. The van der Waals surface area contributed by atoms with Crippen LogP contribution in [0.1, 0.15) is 22.8 Å². The molecule has 0 aliphatic rings. The van der Waals surface area contributed by atoms with Gasteiger partial charge in [-0.15, -0.1) is 0 Å². The maximum absolute atomic E-state index is 12.6. The zero-order valence-electron chi connectivity index (χ0n) is 19.4. The molecule has 0 heterocycles. The average molecular weight is 479 g/mol. The largest absolute Gasteiger partial charge is 0.513 e. The molecule has 0 aliphatic carbocycles. The minimum Gasteiger partial charge on any atom is -0.493 e. The van der Waals surface area contributed by atoms with Crippen LogP contribution in [-0.4, -0.2) is 38.3 Å².